The average Bonchev–Trinajstić information content (AvgIpc) is 3.44. The van der Waals surface area contributed by atoms with E-state index in [4.69, 9.17) is 9.47 Å². The lowest BCUT2D eigenvalue weighted by molar-refractivity contribution is -0.127. The van der Waals surface area contributed by atoms with Gasteiger partial charge in [-0.3, -0.25) is 9.59 Å². The highest BCUT2D eigenvalue weighted by Gasteiger charge is 2.35. The van der Waals surface area contributed by atoms with Gasteiger partial charge in [-0.1, -0.05) is 37.5 Å². The van der Waals surface area contributed by atoms with Gasteiger partial charge in [0.1, 0.15) is 11.9 Å². The van der Waals surface area contributed by atoms with E-state index in [1.165, 1.54) is 37.4 Å². The number of amides is 2. The third-order valence-corrected chi connectivity index (χ3v) is 6.82. The van der Waals surface area contributed by atoms with Crippen LogP contribution in [-0.4, -0.2) is 45.7 Å². The van der Waals surface area contributed by atoms with E-state index in [1.807, 2.05) is 0 Å². The molecule has 36 heavy (non-hydrogen) atoms. The van der Waals surface area contributed by atoms with Crippen LogP contribution in [0.5, 0.6) is 11.5 Å². The Bertz CT molecular complexity index is 1170. The minimum atomic E-state index is -0.994. The van der Waals surface area contributed by atoms with Gasteiger partial charge in [-0.25, -0.2) is 4.39 Å². The summed E-state index contributed by atoms with van der Waals surface area (Å²) in [5.74, 6) is -0.186. The third-order valence-electron chi connectivity index (χ3n) is 6.34. The second kappa shape index (κ2) is 11.9. The fourth-order valence-electron chi connectivity index (χ4n) is 4.50. The van der Waals surface area contributed by atoms with E-state index in [0.717, 1.165) is 43.8 Å². The number of nitrogens with zero attached hydrogens (tertiary/aromatic N) is 3. The van der Waals surface area contributed by atoms with Crippen molar-refractivity contribution in [2.45, 2.75) is 50.7 Å². The van der Waals surface area contributed by atoms with Gasteiger partial charge in [0.05, 0.1) is 32.1 Å². The molecule has 0 bridgehead atoms. The smallest absolute Gasteiger partial charge is 0.276 e. The fraction of sp³-hybridized carbons (Fsp3) is 0.385. The first-order valence-corrected chi connectivity index (χ1v) is 12.6. The summed E-state index contributed by atoms with van der Waals surface area (Å²) in [6.45, 7) is 0.0632. The van der Waals surface area contributed by atoms with Crippen LogP contribution in [0.4, 0.5) is 4.39 Å². The van der Waals surface area contributed by atoms with Crippen LogP contribution >= 0.6 is 11.7 Å². The van der Waals surface area contributed by atoms with E-state index in [2.05, 4.69) is 14.1 Å². The molecule has 2 aromatic carbocycles. The summed E-state index contributed by atoms with van der Waals surface area (Å²) >= 11 is 0.915. The zero-order valence-electron chi connectivity index (χ0n) is 20.3. The number of ether oxygens (including phenoxy) is 2. The number of rotatable bonds is 9. The first-order chi connectivity index (χ1) is 17.5. The number of hydrogen-bond acceptors (Lipinski definition) is 7. The maximum atomic E-state index is 13.9. The number of nitrogens with one attached hydrogen (secondary N) is 1. The van der Waals surface area contributed by atoms with Crippen molar-refractivity contribution in [2.75, 3.05) is 14.2 Å². The van der Waals surface area contributed by atoms with Gasteiger partial charge in [-0.05, 0) is 48.2 Å². The molecule has 3 aromatic rings. The van der Waals surface area contributed by atoms with Gasteiger partial charge in [0, 0.05) is 12.6 Å². The van der Waals surface area contributed by atoms with E-state index in [0.29, 0.717) is 22.6 Å². The molecular weight excluding hydrogens is 483 g/mol. The van der Waals surface area contributed by atoms with Crippen molar-refractivity contribution < 1.29 is 23.5 Å². The van der Waals surface area contributed by atoms with Crippen molar-refractivity contribution in [2.24, 2.45) is 0 Å². The summed E-state index contributed by atoms with van der Waals surface area (Å²) in [4.78, 5) is 29.0. The Hall–Kier alpha value is -3.53. The first-order valence-electron chi connectivity index (χ1n) is 11.9. The van der Waals surface area contributed by atoms with Crippen molar-refractivity contribution in [1.29, 1.82) is 0 Å². The maximum Gasteiger partial charge on any atom is 0.276 e. The number of carbonyl (C=O) groups excluding carboxylic acids is 2. The van der Waals surface area contributed by atoms with Gasteiger partial charge in [-0.2, -0.15) is 8.75 Å². The predicted molar refractivity (Wildman–Crippen MR) is 133 cm³/mol. The molecule has 1 heterocycles. The monoisotopic (exact) mass is 512 g/mol. The molecule has 1 aromatic heterocycles. The second-order valence-corrected chi connectivity index (χ2v) is 9.27. The highest BCUT2D eigenvalue weighted by Crippen LogP contribution is 2.34. The Labute approximate surface area is 213 Å². The van der Waals surface area contributed by atoms with Crippen molar-refractivity contribution in [1.82, 2.24) is 19.0 Å². The zero-order valence-corrected chi connectivity index (χ0v) is 21.1. The van der Waals surface area contributed by atoms with Crippen molar-refractivity contribution >= 4 is 23.5 Å². The van der Waals surface area contributed by atoms with Crippen LogP contribution in [0.25, 0.3) is 0 Å². The normalized spacial score (nSPS) is 14.6. The molecule has 4 rings (SSSR count). The number of carbonyl (C=O) groups is 2. The maximum absolute atomic E-state index is 13.9. The number of hydrogen-bond donors (Lipinski definition) is 1. The Kier molecular flexibility index (Phi) is 8.48. The molecule has 1 saturated carbocycles. The average molecular weight is 513 g/mol. The lowest BCUT2D eigenvalue weighted by atomic mass is 9.94. The van der Waals surface area contributed by atoms with Gasteiger partial charge in [0.2, 0.25) is 5.91 Å². The molecule has 1 fully saturated rings. The lowest BCUT2D eigenvalue weighted by Crippen LogP contribution is -2.47. The first kappa shape index (κ1) is 25.6. The van der Waals surface area contributed by atoms with Crippen LogP contribution in [0.3, 0.4) is 0 Å². The molecule has 190 valence electrons. The van der Waals surface area contributed by atoms with Gasteiger partial charge in [-0.15, -0.1) is 0 Å². The summed E-state index contributed by atoms with van der Waals surface area (Å²) in [6, 6.07) is 10.1. The number of halogens is 1. The molecule has 10 heteroatoms. The van der Waals surface area contributed by atoms with Crippen LogP contribution in [0.2, 0.25) is 0 Å². The molecule has 0 radical (unpaired) electrons. The van der Waals surface area contributed by atoms with Gasteiger partial charge in [0.15, 0.2) is 17.2 Å². The van der Waals surface area contributed by atoms with E-state index in [1.54, 1.807) is 30.3 Å². The summed E-state index contributed by atoms with van der Waals surface area (Å²) < 4.78 is 32.5. The number of benzene rings is 2. The van der Waals surface area contributed by atoms with Crippen molar-refractivity contribution in [3.63, 3.8) is 0 Å². The largest absolute Gasteiger partial charge is 0.493 e. The Morgan fingerprint density at radius 2 is 1.81 bits per heavy atom. The molecule has 1 aliphatic rings. The molecule has 2 amide bonds. The van der Waals surface area contributed by atoms with Crippen LogP contribution in [0.15, 0.2) is 48.7 Å². The topological polar surface area (TPSA) is 93.7 Å². The molecular formula is C26H29FN4O4S. The molecule has 0 saturated heterocycles. The quantitative estimate of drug-likeness (QED) is 0.453. The lowest BCUT2D eigenvalue weighted by Gasteiger charge is -2.33. The summed E-state index contributed by atoms with van der Waals surface area (Å²) in [7, 11) is 3.05. The molecule has 8 nitrogen and oxygen atoms in total. The van der Waals surface area contributed by atoms with Crippen LogP contribution in [-0.2, 0) is 11.3 Å². The molecule has 1 atom stereocenters. The van der Waals surface area contributed by atoms with Crippen molar-refractivity contribution in [3.8, 4) is 11.5 Å². The van der Waals surface area contributed by atoms with Gasteiger partial charge >= 0.3 is 0 Å². The van der Waals surface area contributed by atoms with Crippen LogP contribution in [0, 0.1) is 5.82 Å². The number of methoxy groups -OCH3 is 2. The Balaban J connectivity index is 1.77. The van der Waals surface area contributed by atoms with Crippen LogP contribution in [0.1, 0.15) is 59.8 Å². The Morgan fingerprint density at radius 3 is 2.44 bits per heavy atom. The molecule has 0 spiro atoms. The second-order valence-electron chi connectivity index (χ2n) is 8.71. The van der Waals surface area contributed by atoms with Gasteiger partial charge < -0.3 is 19.7 Å². The highest BCUT2D eigenvalue weighted by molar-refractivity contribution is 6.99. The van der Waals surface area contributed by atoms with Gasteiger partial charge in [0.25, 0.3) is 5.91 Å². The molecule has 1 aliphatic carbocycles. The fourth-order valence-corrected chi connectivity index (χ4v) is 4.90. The van der Waals surface area contributed by atoms with E-state index in [9.17, 15) is 14.0 Å². The predicted octanol–water partition coefficient (Wildman–Crippen LogP) is 4.53. The summed E-state index contributed by atoms with van der Waals surface area (Å²) in [5, 5.41) is 3.16. The zero-order chi connectivity index (χ0) is 25.5. The van der Waals surface area contributed by atoms with E-state index < -0.39 is 11.9 Å². The minimum absolute atomic E-state index is 0.0395. The Morgan fingerprint density at radius 1 is 1.08 bits per heavy atom. The van der Waals surface area contributed by atoms with E-state index >= 15 is 0 Å². The third kappa shape index (κ3) is 5.99. The molecule has 0 unspecified atom stereocenters. The molecule has 1 N–H and O–H groups in total. The molecule has 0 aliphatic heterocycles. The SMILES string of the molecule is COc1ccc([C@@H](C(=O)NC2CCCCC2)N(Cc2ccc(F)cc2)C(=O)c2cnsn2)cc1OC. The summed E-state index contributed by atoms with van der Waals surface area (Å²) in [5.41, 5.74) is 1.36. The minimum Gasteiger partial charge on any atom is -0.493 e. The van der Waals surface area contributed by atoms with Crippen LogP contribution < -0.4 is 14.8 Å². The summed E-state index contributed by atoms with van der Waals surface area (Å²) in [6.07, 6.45) is 6.43. The van der Waals surface area contributed by atoms with Crippen molar-refractivity contribution in [3.05, 3.63) is 71.3 Å². The number of aromatic nitrogens is 2. The highest BCUT2D eigenvalue weighted by atomic mass is 32.1. The standard InChI is InChI=1S/C26H29FN4O4S/c1-34-22-13-10-18(14-23(22)35-2)24(25(32)29-20-6-4-3-5-7-20)31(26(33)21-15-28-36-30-21)16-17-8-11-19(27)12-9-17/h8-15,20,24H,3-7,16H2,1-2H3,(H,29,32)/t24-/m0/s1. The van der Waals surface area contributed by atoms with E-state index in [-0.39, 0.29) is 30.0 Å².